The SMILES string of the molecule is C=CCn1c(=O)c2cnc(SC)nc2n1-c1ccc(=O)n(CC(F)(F)F)n1. The Balaban J connectivity index is 2.31. The summed E-state index contributed by atoms with van der Waals surface area (Å²) in [5.74, 6) is -0.0569. The molecular formula is C15H13F3N6O2S. The molecule has 0 spiro atoms. The molecule has 142 valence electrons. The highest BCUT2D eigenvalue weighted by Gasteiger charge is 2.29. The summed E-state index contributed by atoms with van der Waals surface area (Å²) in [6.45, 7) is 2.09. The molecule has 0 aliphatic rings. The van der Waals surface area contributed by atoms with Gasteiger partial charge in [-0.2, -0.15) is 13.2 Å². The second kappa shape index (κ2) is 7.02. The molecular weight excluding hydrogens is 385 g/mol. The third-order valence-corrected chi connectivity index (χ3v) is 4.10. The number of hydrogen-bond donors (Lipinski definition) is 0. The quantitative estimate of drug-likeness (QED) is 0.369. The van der Waals surface area contributed by atoms with Crippen molar-refractivity contribution in [3.63, 3.8) is 0 Å². The fourth-order valence-electron chi connectivity index (χ4n) is 2.47. The Hall–Kier alpha value is -2.89. The molecule has 3 rings (SSSR count). The Morgan fingerprint density at radius 3 is 2.67 bits per heavy atom. The van der Waals surface area contributed by atoms with Crippen LogP contribution in [0, 0.1) is 0 Å². The molecule has 3 aromatic heterocycles. The molecule has 0 atom stereocenters. The maximum atomic E-state index is 12.7. The van der Waals surface area contributed by atoms with Crippen LogP contribution >= 0.6 is 11.8 Å². The van der Waals surface area contributed by atoms with Crippen LogP contribution in [0.3, 0.4) is 0 Å². The minimum Gasteiger partial charge on any atom is -0.268 e. The molecule has 0 aromatic carbocycles. The number of thioether (sulfide) groups is 1. The molecule has 12 heteroatoms. The van der Waals surface area contributed by atoms with Crippen LogP contribution in [0.25, 0.3) is 16.9 Å². The molecule has 0 N–H and O–H groups in total. The van der Waals surface area contributed by atoms with Crippen LogP contribution < -0.4 is 11.1 Å². The van der Waals surface area contributed by atoms with E-state index in [-0.39, 0.29) is 23.4 Å². The van der Waals surface area contributed by atoms with E-state index in [1.54, 1.807) is 6.26 Å². The second-order valence-electron chi connectivity index (χ2n) is 5.38. The van der Waals surface area contributed by atoms with Gasteiger partial charge >= 0.3 is 6.18 Å². The topological polar surface area (TPSA) is 87.6 Å². The lowest BCUT2D eigenvalue weighted by Gasteiger charge is -2.13. The summed E-state index contributed by atoms with van der Waals surface area (Å²) in [5.41, 5.74) is -1.19. The Labute approximate surface area is 153 Å². The standard InChI is InChI=1S/C15H13F3N6O2S/c1-3-6-23-13(26)9-7-19-14(27-2)20-12(9)24(23)10-4-5-11(25)22(21-10)8-15(16,17)18/h3-5,7H,1,6,8H2,2H3. The van der Waals surface area contributed by atoms with Crippen molar-refractivity contribution in [2.45, 2.75) is 24.4 Å². The fraction of sp³-hybridized carbons (Fsp3) is 0.267. The van der Waals surface area contributed by atoms with Crippen molar-refractivity contribution in [1.82, 2.24) is 29.1 Å². The van der Waals surface area contributed by atoms with Gasteiger partial charge in [0.25, 0.3) is 11.1 Å². The third-order valence-electron chi connectivity index (χ3n) is 3.54. The predicted octanol–water partition coefficient (Wildman–Crippen LogP) is 1.61. The van der Waals surface area contributed by atoms with Crippen LogP contribution in [0.15, 0.2) is 45.7 Å². The van der Waals surface area contributed by atoms with Gasteiger partial charge in [0.05, 0.1) is 6.54 Å². The van der Waals surface area contributed by atoms with Crippen LogP contribution in [-0.4, -0.2) is 41.5 Å². The number of alkyl halides is 3. The maximum Gasteiger partial charge on any atom is 0.408 e. The van der Waals surface area contributed by atoms with Crippen LogP contribution in [0.5, 0.6) is 0 Å². The van der Waals surface area contributed by atoms with Gasteiger partial charge in [0.2, 0.25) is 0 Å². The largest absolute Gasteiger partial charge is 0.408 e. The first kappa shape index (κ1) is 18.9. The summed E-state index contributed by atoms with van der Waals surface area (Å²) >= 11 is 1.24. The lowest BCUT2D eigenvalue weighted by Crippen LogP contribution is -2.31. The highest BCUT2D eigenvalue weighted by molar-refractivity contribution is 7.98. The van der Waals surface area contributed by atoms with Gasteiger partial charge in [-0.25, -0.2) is 24.0 Å². The van der Waals surface area contributed by atoms with E-state index in [9.17, 15) is 22.8 Å². The summed E-state index contributed by atoms with van der Waals surface area (Å²) in [5, 5.41) is 4.32. The van der Waals surface area contributed by atoms with Gasteiger partial charge in [-0.15, -0.1) is 11.7 Å². The van der Waals surface area contributed by atoms with Gasteiger partial charge < -0.3 is 0 Å². The van der Waals surface area contributed by atoms with Crippen LogP contribution in [0.1, 0.15) is 0 Å². The van der Waals surface area contributed by atoms with E-state index in [2.05, 4.69) is 21.6 Å². The van der Waals surface area contributed by atoms with E-state index in [0.717, 1.165) is 6.07 Å². The van der Waals surface area contributed by atoms with E-state index in [1.807, 2.05) is 0 Å². The third kappa shape index (κ3) is 3.65. The molecule has 3 heterocycles. The van der Waals surface area contributed by atoms with Crippen molar-refractivity contribution in [3.8, 4) is 5.82 Å². The molecule has 0 radical (unpaired) electrons. The van der Waals surface area contributed by atoms with Crippen LogP contribution in [-0.2, 0) is 13.1 Å². The molecule has 0 aliphatic carbocycles. The summed E-state index contributed by atoms with van der Waals surface area (Å²) in [6.07, 6.45) is -0.0843. The fourth-order valence-corrected chi connectivity index (χ4v) is 2.80. The lowest BCUT2D eigenvalue weighted by atomic mass is 10.4. The summed E-state index contributed by atoms with van der Waals surface area (Å²) in [7, 11) is 0. The molecule has 0 aliphatic heterocycles. The summed E-state index contributed by atoms with van der Waals surface area (Å²) in [6, 6.07) is 2.19. The van der Waals surface area contributed by atoms with Crippen molar-refractivity contribution >= 4 is 22.8 Å². The van der Waals surface area contributed by atoms with Crippen molar-refractivity contribution in [3.05, 3.63) is 51.7 Å². The molecule has 27 heavy (non-hydrogen) atoms. The zero-order valence-corrected chi connectivity index (χ0v) is 14.8. The number of fused-ring (bicyclic) bond motifs is 1. The van der Waals surface area contributed by atoms with E-state index < -0.39 is 23.8 Å². The molecule has 0 saturated heterocycles. The van der Waals surface area contributed by atoms with E-state index in [0.29, 0.717) is 9.84 Å². The van der Waals surface area contributed by atoms with Gasteiger partial charge in [0.15, 0.2) is 16.6 Å². The first-order valence-electron chi connectivity index (χ1n) is 7.54. The molecule has 8 nitrogen and oxygen atoms in total. The Morgan fingerprint density at radius 2 is 2.04 bits per heavy atom. The normalized spacial score (nSPS) is 11.9. The average molecular weight is 398 g/mol. The van der Waals surface area contributed by atoms with E-state index in [1.165, 1.54) is 39.5 Å². The molecule has 0 fully saturated rings. The van der Waals surface area contributed by atoms with E-state index in [4.69, 9.17) is 0 Å². The number of aromatic nitrogens is 6. The van der Waals surface area contributed by atoms with Gasteiger partial charge in [-0.3, -0.25) is 9.59 Å². The van der Waals surface area contributed by atoms with Gasteiger partial charge in [-0.05, 0) is 12.3 Å². The smallest absolute Gasteiger partial charge is 0.268 e. The maximum absolute atomic E-state index is 12.7. The van der Waals surface area contributed by atoms with Gasteiger partial charge in [0.1, 0.15) is 11.9 Å². The number of halogens is 3. The monoisotopic (exact) mass is 398 g/mol. The molecule has 3 aromatic rings. The average Bonchev–Trinajstić information content (AvgIpc) is 2.88. The van der Waals surface area contributed by atoms with Gasteiger partial charge in [-0.1, -0.05) is 17.8 Å². The zero-order valence-electron chi connectivity index (χ0n) is 14.0. The molecule has 0 saturated carbocycles. The number of hydrogen-bond acceptors (Lipinski definition) is 6. The van der Waals surface area contributed by atoms with Crippen molar-refractivity contribution in [2.24, 2.45) is 0 Å². The number of rotatable bonds is 5. The minimum atomic E-state index is -4.62. The highest BCUT2D eigenvalue weighted by Crippen LogP contribution is 2.18. The first-order chi connectivity index (χ1) is 12.7. The summed E-state index contributed by atoms with van der Waals surface area (Å²) in [4.78, 5) is 32.7. The van der Waals surface area contributed by atoms with E-state index >= 15 is 0 Å². The van der Waals surface area contributed by atoms with Crippen LogP contribution in [0.2, 0.25) is 0 Å². The Morgan fingerprint density at radius 1 is 1.30 bits per heavy atom. The molecule has 0 bridgehead atoms. The van der Waals surface area contributed by atoms with Gasteiger partial charge in [0, 0.05) is 12.3 Å². The lowest BCUT2D eigenvalue weighted by molar-refractivity contribution is -0.143. The van der Waals surface area contributed by atoms with Crippen molar-refractivity contribution in [2.75, 3.05) is 6.26 Å². The van der Waals surface area contributed by atoms with Crippen LogP contribution in [0.4, 0.5) is 13.2 Å². The predicted molar refractivity (Wildman–Crippen MR) is 93.2 cm³/mol. The van der Waals surface area contributed by atoms with Crippen molar-refractivity contribution in [1.29, 1.82) is 0 Å². The van der Waals surface area contributed by atoms with Crippen molar-refractivity contribution < 1.29 is 13.2 Å². The molecule has 0 amide bonds. The number of nitrogens with zero attached hydrogens (tertiary/aromatic N) is 6. The minimum absolute atomic E-state index is 0.0569. The number of allylic oxidation sites excluding steroid dienone is 1. The Bertz CT molecular complexity index is 1130. The Kier molecular flexibility index (Phi) is 4.91. The zero-order chi connectivity index (χ0) is 19.8. The summed E-state index contributed by atoms with van der Waals surface area (Å²) < 4.78 is 40.9. The second-order valence-corrected chi connectivity index (χ2v) is 6.16. The first-order valence-corrected chi connectivity index (χ1v) is 8.76. The molecule has 0 unspecified atom stereocenters. The highest BCUT2D eigenvalue weighted by atomic mass is 32.2.